The van der Waals surface area contributed by atoms with E-state index in [1.807, 2.05) is 33.0 Å². The smallest absolute Gasteiger partial charge is 0.253 e. The van der Waals surface area contributed by atoms with Crippen molar-refractivity contribution in [1.29, 1.82) is 0 Å². The normalized spacial score (nSPS) is 14.0. The van der Waals surface area contributed by atoms with Crippen molar-refractivity contribution in [3.8, 4) is 0 Å². The summed E-state index contributed by atoms with van der Waals surface area (Å²) in [6.07, 6.45) is 3.12. The fourth-order valence-electron chi connectivity index (χ4n) is 4.25. The van der Waals surface area contributed by atoms with Gasteiger partial charge in [0.15, 0.2) is 0 Å². The zero-order valence-corrected chi connectivity index (χ0v) is 17.2. The summed E-state index contributed by atoms with van der Waals surface area (Å²) >= 11 is 0. The van der Waals surface area contributed by atoms with Gasteiger partial charge in [0.2, 0.25) is 5.91 Å². The summed E-state index contributed by atoms with van der Waals surface area (Å²) in [5, 5.41) is 8.28. The minimum Gasteiger partial charge on any atom is -0.372 e. The van der Waals surface area contributed by atoms with Gasteiger partial charge >= 0.3 is 0 Å². The van der Waals surface area contributed by atoms with Crippen molar-refractivity contribution in [3.05, 3.63) is 51.4 Å². The number of carbonyl (C=O) groups excluding carboxylic acids is 1. The highest BCUT2D eigenvalue weighted by molar-refractivity contribution is 5.91. The van der Waals surface area contributed by atoms with E-state index in [4.69, 9.17) is 0 Å². The van der Waals surface area contributed by atoms with E-state index in [0.29, 0.717) is 12.0 Å². The molecular formula is C22H27N5O2. The van der Waals surface area contributed by atoms with E-state index >= 15 is 0 Å². The minimum absolute atomic E-state index is 0.0965. The maximum absolute atomic E-state index is 12.5. The lowest BCUT2D eigenvalue weighted by Gasteiger charge is -2.17. The van der Waals surface area contributed by atoms with Crippen LogP contribution in [0.15, 0.2) is 29.1 Å². The van der Waals surface area contributed by atoms with Crippen molar-refractivity contribution >= 4 is 28.3 Å². The number of aryl methyl sites for hydroxylation is 3. The number of benzene rings is 1. The van der Waals surface area contributed by atoms with Gasteiger partial charge in [-0.3, -0.25) is 14.3 Å². The fourth-order valence-corrected chi connectivity index (χ4v) is 4.25. The van der Waals surface area contributed by atoms with Crippen molar-refractivity contribution < 1.29 is 4.79 Å². The molecule has 3 heterocycles. The number of carbonyl (C=O) groups is 1. The molecule has 152 valence electrons. The Labute approximate surface area is 169 Å². The lowest BCUT2D eigenvalue weighted by molar-refractivity contribution is -0.116. The van der Waals surface area contributed by atoms with Gasteiger partial charge in [-0.15, -0.1) is 0 Å². The van der Waals surface area contributed by atoms with Crippen LogP contribution in [0.4, 0.5) is 11.4 Å². The van der Waals surface area contributed by atoms with Crippen LogP contribution in [0.1, 0.15) is 36.1 Å². The molecule has 0 aliphatic carbocycles. The summed E-state index contributed by atoms with van der Waals surface area (Å²) in [4.78, 5) is 30.2. The quantitative estimate of drug-likeness (QED) is 0.698. The maximum Gasteiger partial charge on any atom is 0.253 e. The summed E-state index contributed by atoms with van der Waals surface area (Å²) in [6, 6.07) is 7.98. The van der Waals surface area contributed by atoms with Gasteiger partial charge in [-0.1, -0.05) is 0 Å². The van der Waals surface area contributed by atoms with E-state index in [0.717, 1.165) is 41.1 Å². The fraction of sp³-hybridized carbons (Fsp3) is 0.409. The Bertz CT molecular complexity index is 1100. The Hall–Kier alpha value is -3.09. The van der Waals surface area contributed by atoms with Crippen molar-refractivity contribution in [3.63, 3.8) is 0 Å². The molecule has 2 N–H and O–H groups in total. The van der Waals surface area contributed by atoms with Crippen molar-refractivity contribution in [1.82, 2.24) is 14.8 Å². The van der Waals surface area contributed by atoms with E-state index in [-0.39, 0.29) is 17.9 Å². The Morgan fingerprint density at radius 1 is 1.17 bits per heavy atom. The topological polar surface area (TPSA) is 83.0 Å². The van der Waals surface area contributed by atoms with Gasteiger partial charge in [-0.2, -0.15) is 5.10 Å². The maximum atomic E-state index is 12.5. The molecule has 7 nitrogen and oxygen atoms in total. The highest BCUT2D eigenvalue weighted by Gasteiger charge is 2.16. The molecule has 1 saturated heterocycles. The first-order valence-corrected chi connectivity index (χ1v) is 10.1. The third-order valence-corrected chi connectivity index (χ3v) is 5.78. The highest BCUT2D eigenvalue weighted by Crippen LogP contribution is 2.23. The van der Waals surface area contributed by atoms with Crippen LogP contribution in [0.5, 0.6) is 0 Å². The largest absolute Gasteiger partial charge is 0.372 e. The molecule has 1 amide bonds. The Balaban J connectivity index is 1.43. The number of nitrogens with zero attached hydrogens (tertiary/aromatic N) is 3. The molecule has 3 aromatic rings. The second-order valence-corrected chi connectivity index (χ2v) is 7.78. The Morgan fingerprint density at radius 2 is 1.86 bits per heavy atom. The molecule has 1 aliphatic rings. The molecule has 0 atom stereocenters. The molecule has 0 unspecified atom stereocenters. The van der Waals surface area contributed by atoms with Crippen LogP contribution >= 0.6 is 0 Å². The van der Waals surface area contributed by atoms with Crippen LogP contribution < -0.4 is 15.8 Å². The number of fused-ring (bicyclic) bond motifs is 1. The van der Waals surface area contributed by atoms with Crippen LogP contribution in [0.2, 0.25) is 0 Å². The van der Waals surface area contributed by atoms with Gasteiger partial charge in [-0.25, -0.2) is 0 Å². The van der Waals surface area contributed by atoms with Gasteiger partial charge in [0.25, 0.3) is 5.56 Å². The summed E-state index contributed by atoms with van der Waals surface area (Å²) in [7, 11) is 1.81. The first-order valence-electron chi connectivity index (χ1n) is 10.1. The van der Waals surface area contributed by atoms with E-state index in [2.05, 4.69) is 32.4 Å². The molecule has 0 radical (unpaired) electrons. The molecule has 1 fully saturated rings. The SMILES string of the molecule is Cc1nn(C)c2[nH]c(=O)c(CCC(=O)Nc3ccc(N4CCCC4)cc3)c(C)c12. The third kappa shape index (κ3) is 3.77. The monoisotopic (exact) mass is 393 g/mol. The summed E-state index contributed by atoms with van der Waals surface area (Å²) in [5.41, 5.74) is 4.97. The molecule has 29 heavy (non-hydrogen) atoms. The number of anilines is 2. The summed E-state index contributed by atoms with van der Waals surface area (Å²) in [5.74, 6) is -0.0965. The van der Waals surface area contributed by atoms with E-state index in [1.54, 1.807) is 4.68 Å². The Kier molecular flexibility index (Phi) is 5.13. The van der Waals surface area contributed by atoms with Crippen LogP contribution in [0, 0.1) is 13.8 Å². The number of H-pyrrole nitrogens is 1. The van der Waals surface area contributed by atoms with E-state index in [9.17, 15) is 9.59 Å². The molecule has 0 spiro atoms. The molecular weight excluding hydrogens is 366 g/mol. The number of aromatic amines is 1. The molecule has 1 aromatic carbocycles. The lowest BCUT2D eigenvalue weighted by atomic mass is 10.0. The number of rotatable bonds is 5. The average Bonchev–Trinajstić information content (AvgIpc) is 3.31. The van der Waals surface area contributed by atoms with Gasteiger partial charge in [0, 0.05) is 48.9 Å². The van der Waals surface area contributed by atoms with Crippen LogP contribution in [0.25, 0.3) is 11.0 Å². The number of amides is 1. The number of hydrogen-bond acceptors (Lipinski definition) is 4. The van der Waals surface area contributed by atoms with Crippen molar-refractivity contribution in [2.45, 2.75) is 39.5 Å². The van der Waals surface area contributed by atoms with Gasteiger partial charge in [0.1, 0.15) is 5.65 Å². The zero-order chi connectivity index (χ0) is 20.5. The lowest BCUT2D eigenvalue weighted by Crippen LogP contribution is -2.19. The zero-order valence-electron chi connectivity index (χ0n) is 17.2. The summed E-state index contributed by atoms with van der Waals surface area (Å²) < 4.78 is 1.68. The number of aromatic nitrogens is 3. The van der Waals surface area contributed by atoms with Gasteiger partial charge in [-0.05, 0) is 62.9 Å². The standard InChI is InChI=1S/C22H27N5O2/c1-14-18(22(29)24-21-20(14)15(2)25-26(21)3)10-11-19(28)23-16-6-8-17(9-7-16)27-12-4-5-13-27/h6-9H,4-5,10-13H2,1-3H3,(H,23,28)(H,24,29). The molecule has 0 bridgehead atoms. The van der Waals surface area contributed by atoms with Gasteiger partial charge in [0.05, 0.1) is 5.69 Å². The predicted octanol–water partition coefficient (Wildman–Crippen LogP) is 3.05. The number of nitrogens with one attached hydrogen (secondary N) is 2. The molecule has 7 heteroatoms. The molecule has 1 aliphatic heterocycles. The second-order valence-electron chi connectivity index (χ2n) is 7.78. The first-order chi connectivity index (χ1) is 13.9. The van der Waals surface area contributed by atoms with Crippen LogP contribution in [0.3, 0.4) is 0 Å². The van der Waals surface area contributed by atoms with Crippen LogP contribution in [-0.4, -0.2) is 33.8 Å². The van der Waals surface area contributed by atoms with E-state index in [1.165, 1.54) is 18.5 Å². The second kappa shape index (κ2) is 7.73. The molecule has 4 rings (SSSR count). The first kappa shape index (κ1) is 19.2. The Morgan fingerprint density at radius 3 is 2.55 bits per heavy atom. The van der Waals surface area contributed by atoms with Gasteiger partial charge < -0.3 is 15.2 Å². The van der Waals surface area contributed by atoms with Crippen molar-refractivity contribution in [2.75, 3.05) is 23.3 Å². The third-order valence-electron chi connectivity index (χ3n) is 5.78. The molecule has 2 aromatic heterocycles. The predicted molar refractivity (Wildman–Crippen MR) is 116 cm³/mol. The minimum atomic E-state index is -0.152. The summed E-state index contributed by atoms with van der Waals surface area (Å²) in [6.45, 7) is 6.05. The van der Waals surface area contributed by atoms with Crippen LogP contribution in [-0.2, 0) is 18.3 Å². The van der Waals surface area contributed by atoms with Crippen molar-refractivity contribution in [2.24, 2.45) is 7.05 Å². The highest BCUT2D eigenvalue weighted by atomic mass is 16.1. The van der Waals surface area contributed by atoms with E-state index < -0.39 is 0 Å². The average molecular weight is 393 g/mol. The number of pyridine rings is 1. The number of hydrogen-bond donors (Lipinski definition) is 2. The molecule has 0 saturated carbocycles.